The molecule has 3 saturated carbocycles. The topological polar surface area (TPSA) is 46.5 Å². The number of carbonyl (C=O) groups is 1. The zero-order valence-electron chi connectivity index (χ0n) is 18.5. The van der Waals surface area contributed by atoms with Gasteiger partial charge in [-0.3, -0.25) is 0 Å². The maximum absolute atomic E-state index is 12.7. The zero-order valence-corrected chi connectivity index (χ0v) is 18.5. The van der Waals surface area contributed by atoms with Gasteiger partial charge >= 0.3 is 0 Å². The molecule has 0 aromatic carbocycles. The van der Waals surface area contributed by atoms with Crippen molar-refractivity contribution < 1.29 is 14.6 Å². The zero-order chi connectivity index (χ0) is 21.1. The Morgan fingerprint density at radius 2 is 2.03 bits per heavy atom. The quantitative estimate of drug-likeness (QED) is 0.397. The number of fused-ring (bicyclic) bond motifs is 5. The first-order valence-corrected chi connectivity index (χ1v) is 12.1. The molecule has 8 atom stereocenters. The highest BCUT2D eigenvalue weighted by molar-refractivity contribution is 5.68. The molecule has 5 rings (SSSR count). The number of carbonyl (C=O) groups excluding carboxylic acids is 1. The summed E-state index contributed by atoms with van der Waals surface area (Å²) in [6.45, 7) is 4.51. The highest BCUT2D eigenvalue weighted by Gasteiger charge is 2.65. The van der Waals surface area contributed by atoms with E-state index in [1.54, 1.807) is 0 Å². The molecular weight excluding hydrogens is 372 g/mol. The van der Waals surface area contributed by atoms with Crippen molar-refractivity contribution in [1.82, 2.24) is 0 Å². The summed E-state index contributed by atoms with van der Waals surface area (Å²) in [4.78, 5) is 12.7. The number of hydrogen-bond donors (Lipinski definition) is 1. The molecule has 3 unspecified atom stereocenters. The lowest BCUT2D eigenvalue weighted by Crippen LogP contribution is -2.57. The molecule has 0 bridgehead atoms. The van der Waals surface area contributed by atoms with Crippen molar-refractivity contribution in [3.63, 3.8) is 0 Å². The minimum atomic E-state index is -0.989. The van der Waals surface area contributed by atoms with Crippen LogP contribution in [0.4, 0.5) is 0 Å². The Morgan fingerprint density at radius 1 is 1.23 bits per heavy atom. The van der Waals surface area contributed by atoms with Crippen LogP contribution in [0.1, 0.15) is 78.1 Å². The van der Waals surface area contributed by atoms with E-state index in [2.05, 4.69) is 31.9 Å². The summed E-state index contributed by atoms with van der Waals surface area (Å²) >= 11 is 0. The van der Waals surface area contributed by atoms with Crippen molar-refractivity contribution in [3.05, 3.63) is 23.5 Å². The molecule has 0 heterocycles. The number of rotatable bonds is 3. The van der Waals surface area contributed by atoms with Gasteiger partial charge in [0.25, 0.3) is 0 Å². The molecule has 3 heteroatoms. The number of aliphatic hydroxyl groups is 1. The lowest BCUT2D eigenvalue weighted by Gasteiger charge is -2.59. The number of aldehydes is 1. The second-order valence-corrected chi connectivity index (χ2v) is 11.1. The van der Waals surface area contributed by atoms with Crippen molar-refractivity contribution in [3.8, 4) is 12.3 Å². The molecule has 1 N–H and O–H groups in total. The smallest absolute Gasteiger partial charge is 0.130 e. The summed E-state index contributed by atoms with van der Waals surface area (Å²) < 4.78 is 6.32. The molecule has 5 aliphatic carbocycles. The van der Waals surface area contributed by atoms with E-state index in [1.807, 2.05) is 0 Å². The van der Waals surface area contributed by atoms with Crippen LogP contribution in [-0.4, -0.2) is 23.1 Å². The predicted molar refractivity (Wildman–Crippen MR) is 117 cm³/mol. The van der Waals surface area contributed by atoms with E-state index in [9.17, 15) is 9.90 Å². The molecule has 0 aromatic heterocycles. The Morgan fingerprint density at radius 3 is 2.73 bits per heavy atom. The van der Waals surface area contributed by atoms with Crippen LogP contribution in [0.15, 0.2) is 23.5 Å². The summed E-state index contributed by atoms with van der Waals surface area (Å²) in [7, 11) is 0. The van der Waals surface area contributed by atoms with Crippen LogP contribution in [0.3, 0.4) is 0 Å². The van der Waals surface area contributed by atoms with Gasteiger partial charge in [-0.15, -0.1) is 6.42 Å². The summed E-state index contributed by atoms with van der Waals surface area (Å²) in [5, 5.41) is 11.2. The van der Waals surface area contributed by atoms with Crippen molar-refractivity contribution in [2.24, 2.45) is 34.5 Å². The van der Waals surface area contributed by atoms with Gasteiger partial charge in [-0.2, -0.15) is 0 Å². The van der Waals surface area contributed by atoms with Gasteiger partial charge in [-0.1, -0.05) is 25.3 Å². The van der Waals surface area contributed by atoms with Crippen molar-refractivity contribution in [2.75, 3.05) is 0 Å². The lowest BCUT2D eigenvalue weighted by molar-refractivity contribution is -0.135. The van der Waals surface area contributed by atoms with Crippen molar-refractivity contribution in [2.45, 2.75) is 89.8 Å². The number of ether oxygens (including phenoxy) is 1. The predicted octanol–water partition coefficient (Wildman–Crippen LogP) is 5.19. The minimum absolute atomic E-state index is 0.114. The molecule has 0 aromatic rings. The van der Waals surface area contributed by atoms with E-state index < -0.39 is 5.60 Å². The van der Waals surface area contributed by atoms with Crippen LogP contribution in [-0.2, 0) is 9.53 Å². The molecule has 0 saturated heterocycles. The normalized spacial score (nSPS) is 49.7. The van der Waals surface area contributed by atoms with Gasteiger partial charge in [0, 0.05) is 11.8 Å². The summed E-state index contributed by atoms with van der Waals surface area (Å²) in [5.74, 6) is 5.54. The number of allylic oxidation sites excluding steroid dienone is 3. The van der Waals surface area contributed by atoms with Gasteiger partial charge in [0.05, 0.1) is 11.2 Å². The maximum atomic E-state index is 12.7. The highest BCUT2D eigenvalue weighted by atomic mass is 16.5. The van der Waals surface area contributed by atoms with Gasteiger partial charge in [0.1, 0.15) is 18.0 Å². The Bertz CT molecular complexity index is 834. The fraction of sp³-hybridized carbons (Fsp3) is 0.741. The molecule has 30 heavy (non-hydrogen) atoms. The Labute approximate surface area is 181 Å². The molecule has 3 nitrogen and oxygen atoms in total. The van der Waals surface area contributed by atoms with E-state index in [0.717, 1.165) is 57.1 Å². The second-order valence-electron chi connectivity index (χ2n) is 11.1. The third-order valence-electron chi connectivity index (χ3n) is 9.90. The van der Waals surface area contributed by atoms with Crippen LogP contribution >= 0.6 is 0 Å². The summed E-state index contributed by atoms with van der Waals surface area (Å²) in [5.41, 5.74) is -0.216. The van der Waals surface area contributed by atoms with Crippen LogP contribution in [0.25, 0.3) is 0 Å². The average molecular weight is 409 g/mol. The third kappa shape index (κ3) is 2.65. The van der Waals surface area contributed by atoms with Gasteiger partial charge in [0.2, 0.25) is 0 Å². The van der Waals surface area contributed by atoms with Gasteiger partial charge < -0.3 is 14.6 Å². The molecule has 3 fully saturated rings. The van der Waals surface area contributed by atoms with E-state index in [-0.39, 0.29) is 16.9 Å². The SMILES string of the molecule is C#CC1(O)CC[C@H]2[C@@H]3CC(C)C4=CC(OC5=CCCC5)CC[C@]4(C=O)[C@@H]3CC[C@@]21C. The van der Waals surface area contributed by atoms with E-state index in [0.29, 0.717) is 30.1 Å². The maximum Gasteiger partial charge on any atom is 0.130 e. The van der Waals surface area contributed by atoms with Crippen LogP contribution < -0.4 is 0 Å². The lowest BCUT2D eigenvalue weighted by atomic mass is 9.44. The first kappa shape index (κ1) is 20.4. The molecular formula is C27H36O3. The highest BCUT2D eigenvalue weighted by Crippen LogP contribution is 2.68. The monoisotopic (exact) mass is 408 g/mol. The molecule has 0 radical (unpaired) electrons. The second kappa shape index (κ2) is 6.99. The van der Waals surface area contributed by atoms with Crippen LogP contribution in [0, 0.1) is 46.8 Å². The Balaban J connectivity index is 1.46. The summed E-state index contributed by atoms with van der Waals surface area (Å²) in [6, 6.07) is 0. The third-order valence-corrected chi connectivity index (χ3v) is 9.90. The number of hydrogen-bond acceptors (Lipinski definition) is 3. The van der Waals surface area contributed by atoms with E-state index >= 15 is 0 Å². The first-order chi connectivity index (χ1) is 14.4. The first-order valence-electron chi connectivity index (χ1n) is 12.1. The van der Waals surface area contributed by atoms with Crippen LogP contribution in [0.5, 0.6) is 0 Å². The fourth-order valence-electron chi connectivity index (χ4n) is 8.28. The van der Waals surface area contributed by atoms with Gasteiger partial charge in [-0.05, 0) is 93.6 Å². The van der Waals surface area contributed by atoms with Crippen molar-refractivity contribution in [1.29, 1.82) is 0 Å². The Hall–Kier alpha value is -1.53. The van der Waals surface area contributed by atoms with Gasteiger partial charge in [0.15, 0.2) is 0 Å². The largest absolute Gasteiger partial charge is 0.491 e. The molecule has 162 valence electrons. The Kier molecular flexibility index (Phi) is 4.75. The summed E-state index contributed by atoms with van der Waals surface area (Å²) in [6.07, 6.45) is 21.7. The molecule has 5 aliphatic rings. The van der Waals surface area contributed by atoms with Crippen LogP contribution in [0.2, 0.25) is 0 Å². The average Bonchev–Trinajstić information content (AvgIpc) is 3.35. The van der Waals surface area contributed by atoms with Gasteiger partial charge in [-0.25, -0.2) is 0 Å². The minimum Gasteiger partial charge on any atom is -0.491 e. The number of terminal acetylenes is 1. The van der Waals surface area contributed by atoms with Crippen molar-refractivity contribution >= 4 is 6.29 Å². The van der Waals surface area contributed by atoms with E-state index in [4.69, 9.17) is 11.2 Å². The van der Waals surface area contributed by atoms with E-state index in [1.165, 1.54) is 18.3 Å². The molecule has 0 spiro atoms. The molecule has 0 aliphatic heterocycles. The fourth-order valence-corrected chi connectivity index (χ4v) is 8.28. The molecule has 0 amide bonds. The standard InChI is InChI=1S/C27H36O3/c1-4-27(29)14-11-22-21-15-18(2)24-16-20(30-19-7-5-6-8-19)9-13-26(24,17-28)23(21)10-12-25(22,27)3/h1,7,16-18,20-23,29H,5-6,8-15H2,2-3H3/t18?,20?,21-,22-,23+,25-,26-,27?/m0/s1.